The first kappa shape index (κ1) is 17.5. The van der Waals surface area contributed by atoms with Gasteiger partial charge in [-0.1, -0.05) is 11.6 Å². The van der Waals surface area contributed by atoms with Gasteiger partial charge in [-0.2, -0.15) is 5.10 Å². The minimum absolute atomic E-state index is 0.476. The van der Waals surface area contributed by atoms with E-state index in [4.69, 9.17) is 16.3 Å². The Morgan fingerprint density at radius 2 is 2.19 bits per heavy atom. The number of aryl methyl sites for hydroxylation is 1. The van der Waals surface area contributed by atoms with E-state index in [1.165, 1.54) is 4.88 Å². The van der Waals surface area contributed by atoms with E-state index >= 15 is 0 Å². The van der Waals surface area contributed by atoms with E-state index in [1.54, 1.807) is 11.3 Å². The summed E-state index contributed by atoms with van der Waals surface area (Å²) >= 11 is 7.67. The Morgan fingerprint density at radius 3 is 2.96 bits per heavy atom. The fraction of sp³-hybridized carbons (Fsp3) is 0.368. The highest BCUT2D eigenvalue weighted by molar-refractivity contribution is 7.11. The number of nitrogens with one attached hydrogen (secondary N) is 1. The number of rotatable bonds is 6. The predicted octanol–water partition coefficient (Wildman–Crippen LogP) is 4.40. The molecule has 4 rings (SSSR count). The Morgan fingerprint density at radius 1 is 1.35 bits per heavy atom. The van der Waals surface area contributed by atoms with Crippen LogP contribution in [0.3, 0.4) is 0 Å². The van der Waals surface area contributed by atoms with Gasteiger partial charge in [0.25, 0.3) is 0 Å². The zero-order valence-corrected chi connectivity index (χ0v) is 16.2. The van der Waals surface area contributed by atoms with Crippen LogP contribution in [0.2, 0.25) is 5.02 Å². The van der Waals surface area contributed by atoms with Gasteiger partial charge in [-0.3, -0.25) is 10.00 Å². The third kappa shape index (κ3) is 4.26. The van der Waals surface area contributed by atoms with Crippen molar-refractivity contribution in [3.63, 3.8) is 0 Å². The van der Waals surface area contributed by atoms with Crippen molar-refractivity contribution in [2.75, 3.05) is 13.1 Å². The molecule has 2 aromatic heterocycles. The first-order chi connectivity index (χ1) is 12.7. The van der Waals surface area contributed by atoms with Gasteiger partial charge < -0.3 is 4.74 Å². The molecule has 0 spiro atoms. The van der Waals surface area contributed by atoms with Crippen molar-refractivity contribution in [2.24, 2.45) is 0 Å². The highest BCUT2D eigenvalue weighted by atomic mass is 35.5. The van der Waals surface area contributed by atoms with Crippen molar-refractivity contribution >= 4 is 22.9 Å². The highest BCUT2D eigenvalue weighted by Crippen LogP contribution is 2.28. The van der Waals surface area contributed by atoms with Crippen LogP contribution in [0.15, 0.2) is 36.5 Å². The lowest BCUT2D eigenvalue weighted by molar-refractivity contribution is 0.301. The summed E-state index contributed by atoms with van der Waals surface area (Å²) in [6.07, 6.45) is 3.13. The Bertz CT molecular complexity index is 861. The lowest BCUT2D eigenvalue weighted by Crippen LogP contribution is -2.19. The molecule has 0 amide bonds. The minimum Gasteiger partial charge on any atom is -0.487 e. The third-order valence-electron chi connectivity index (χ3n) is 4.60. The molecule has 1 saturated heterocycles. The molecule has 3 heterocycles. The van der Waals surface area contributed by atoms with E-state index in [1.807, 2.05) is 30.5 Å². The first-order valence-electron chi connectivity index (χ1n) is 8.72. The molecule has 0 unspecified atom stereocenters. The second-order valence-electron chi connectivity index (χ2n) is 6.63. The highest BCUT2D eigenvalue weighted by Gasteiger charge is 2.26. The van der Waals surface area contributed by atoms with Crippen molar-refractivity contribution in [3.05, 3.63) is 62.8 Å². The molecule has 1 N–H and O–H groups in total. The van der Waals surface area contributed by atoms with Crippen LogP contribution < -0.4 is 4.74 Å². The van der Waals surface area contributed by atoms with Crippen LogP contribution in [0.4, 0.5) is 0 Å². The van der Waals surface area contributed by atoms with Gasteiger partial charge in [-0.05, 0) is 50.2 Å². The lowest BCUT2D eigenvalue weighted by Gasteiger charge is -2.13. The number of halogens is 1. The van der Waals surface area contributed by atoms with Gasteiger partial charge in [0.05, 0.1) is 16.4 Å². The number of nitrogens with zero attached hydrogens (tertiary/aromatic N) is 3. The maximum Gasteiger partial charge on any atom is 0.130 e. The molecule has 0 radical (unpaired) electrons. The normalized spacial score (nSPS) is 17.7. The summed E-state index contributed by atoms with van der Waals surface area (Å²) in [5.41, 5.74) is 2.12. The molecule has 1 aromatic carbocycles. The molecule has 0 aliphatic carbocycles. The van der Waals surface area contributed by atoms with Gasteiger partial charge in [0.1, 0.15) is 12.4 Å². The van der Waals surface area contributed by atoms with Gasteiger partial charge in [-0.15, -0.1) is 11.3 Å². The van der Waals surface area contributed by atoms with Crippen LogP contribution in [0.1, 0.15) is 33.6 Å². The molecule has 3 aromatic rings. The van der Waals surface area contributed by atoms with Gasteiger partial charge in [0, 0.05) is 35.1 Å². The Balaban J connectivity index is 1.31. The average molecular weight is 389 g/mol. The Kier molecular flexibility index (Phi) is 5.24. The Hall–Kier alpha value is -1.89. The SMILES string of the molecule is Cc1ncc(CN2CC[C@H](c3cc(COc4ccc(Cl)cc4)[nH]n3)C2)s1. The van der Waals surface area contributed by atoms with Crippen molar-refractivity contribution in [1.29, 1.82) is 0 Å². The smallest absolute Gasteiger partial charge is 0.130 e. The van der Waals surface area contributed by atoms with Crippen molar-refractivity contribution in [2.45, 2.75) is 32.4 Å². The standard InChI is InChI=1S/C19H21ClN4OS/c1-13-21-9-18(26-13)11-24-7-6-14(10-24)19-8-16(22-23-19)12-25-17-4-2-15(20)3-5-17/h2-5,8-9,14H,6-7,10-12H2,1H3,(H,22,23)/t14-/m0/s1. The summed E-state index contributed by atoms with van der Waals surface area (Å²) in [5, 5.41) is 9.45. The molecule has 0 bridgehead atoms. The maximum atomic E-state index is 5.89. The van der Waals surface area contributed by atoms with Crippen molar-refractivity contribution < 1.29 is 4.74 Å². The lowest BCUT2D eigenvalue weighted by atomic mass is 10.1. The summed E-state index contributed by atoms with van der Waals surface area (Å²) < 4.78 is 5.78. The van der Waals surface area contributed by atoms with E-state index in [9.17, 15) is 0 Å². The first-order valence-corrected chi connectivity index (χ1v) is 9.91. The third-order valence-corrected chi connectivity index (χ3v) is 5.75. The summed E-state index contributed by atoms with van der Waals surface area (Å²) in [4.78, 5) is 8.16. The molecule has 1 fully saturated rings. The number of H-pyrrole nitrogens is 1. The molecule has 136 valence electrons. The molecular weight excluding hydrogens is 368 g/mol. The number of benzene rings is 1. The monoisotopic (exact) mass is 388 g/mol. The van der Waals surface area contributed by atoms with E-state index in [0.717, 1.165) is 48.2 Å². The maximum absolute atomic E-state index is 5.89. The average Bonchev–Trinajstić information content (AvgIpc) is 3.36. The summed E-state index contributed by atoms with van der Waals surface area (Å²) in [5.74, 6) is 1.28. The molecule has 1 aliphatic heterocycles. The number of aromatic nitrogens is 3. The van der Waals surface area contributed by atoms with Gasteiger partial charge in [0.15, 0.2) is 0 Å². The van der Waals surface area contributed by atoms with Crippen LogP contribution in [-0.2, 0) is 13.2 Å². The van der Waals surface area contributed by atoms with E-state index in [2.05, 4.69) is 33.1 Å². The van der Waals surface area contributed by atoms with Gasteiger partial charge in [-0.25, -0.2) is 4.98 Å². The molecule has 26 heavy (non-hydrogen) atoms. The molecule has 1 atom stereocenters. The molecule has 1 aliphatic rings. The van der Waals surface area contributed by atoms with E-state index < -0.39 is 0 Å². The molecule has 0 saturated carbocycles. The summed E-state index contributed by atoms with van der Waals surface area (Å²) in [7, 11) is 0. The summed E-state index contributed by atoms with van der Waals surface area (Å²) in [6.45, 7) is 5.66. The molecule has 7 heteroatoms. The van der Waals surface area contributed by atoms with E-state index in [-0.39, 0.29) is 0 Å². The topological polar surface area (TPSA) is 54.0 Å². The van der Waals surface area contributed by atoms with Gasteiger partial charge >= 0.3 is 0 Å². The molecule has 5 nitrogen and oxygen atoms in total. The van der Waals surface area contributed by atoms with Crippen LogP contribution in [0, 0.1) is 6.92 Å². The molecular formula is C19H21ClN4OS. The van der Waals surface area contributed by atoms with Crippen molar-refractivity contribution in [1.82, 2.24) is 20.1 Å². The fourth-order valence-corrected chi connectivity index (χ4v) is 4.23. The minimum atomic E-state index is 0.476. The second kappa shape index (κ2) is 7.78. The number of aromatic amines is 1. The number of ether oxygens (including phenoxy) is 1. The van der Waals surface area contributed by atoms with Crippen LogP contribution in [0.5, 0.6) is 5.75 Å². The zero-order chi connectivity index (χ0) is 17.9. The van der Waals surface area contributed by atoms with Crippen molar-refractivity contribution in [3.8, 4) is 5.75 Å². The number of hydrogen-bond donors (Lipinski definition) is 1. The Labute approximate surface area is 162 Å². The van der Waals surface area contributed by atoms with Gasteiger partial charge in [0.2, 0.25) is 0 Å². The number of hydrogen-bond acceptors (Lipinski definition) is 5. The quantitative estimate of drug-likeness (QED) is 0.680. The zero-order valence-electron chi connectivity index (χ0n) is 14.6. The second-order valence-corrected chi connectivity index (χ2v) is 8.38. The van der Waals surface area contributed by atoms with Crippen LogP contribution >= 0.6 is 22.9 Å². The predicted molar refractivity (Wildman–Crippen MR) is 104 cm³/mol. The largest absolute Gasteiger partial charge is 0.487 e. The van der Waals surface area contributed by atoms with Crippen LogP contribution in [0.25, 0.3) is 0 Å². The number of likely N-dealkylation sites (tertiary alicyclic amines) is 1. The number of thiazole rings is 1. The fourth-order valence-electron chi connectivity index (χ4n) is 3.27. The van der Waals surface area contributed by atoms with E-state index in [0.29, 0.717) is 17.5 Å². The van der Waals surface area contributed by atoms with Crippen LogP contribution in [-0.4, -0.2) is 33.2 Å². The summed E-state index contributed by atoms with van der Waals surface area (Å²) in [6, 6.07) is 9.52.